The van der Waals surface area contributed by atoms with Crippen molar-refractivity contribution in [3.63, 3.8) is 0 Å². The van der Waals surface area contributed by atoms with Gasteiger partial charge in [0.15, 0.2) is 0 Å². The van der Waals surface area contributed by atoms with Crippen molar-refractivity contribution in [2.24, 2.45) is 0 Å². The molecule has 1 N–H and O–H groups in total. The molecule has 8 heteroatoms. The van der Waals surface area contributed by atoms with Crippen LogP contribution in [0.2, 0.25) is 0 Å². The number of piperazine rings is 1. The van der Waals surface area contributed by atoms with Gasteiger partial charge in [-0.3, -0.25) is 14.9 Å². The summed E-state index contributed by atoms with van der Waals surface area (Å²) in [5, 5.41) is 13.9. The minimum atomic E-state index is 0.139. The number of rotatable bonds is 4. The summed E-state index contributed by atoms with van der Waals surface area (Å²) >= 11 is 0. The smallest absolute Gasteiger partial charge is 0.101 e. The first-order chi connectivity index (χ1) is 17.7. The van der Waals surface area contributed by atoms with Crippen molar-refractivity contribution in [2.75, 3.05) is 62.2 Å². The molecule has 0 amide bonds. The molecule has 2 atom stereocenters. The molecule has 0 unspecified atom stereocenters. The van der Waals surface area contributed by atoms with Crippen molar-refractivity contribution >= 4 is 22.3 Å². The second kappa shape index (κ2) is 10.0. The summed E-state index contributed by atoms with van der Waals surface area (Å²) in [6, 6.07) is 12.6. The van der Waals surface area contributed by atoms with Gasteiger partial charge < -0.3 is 19.9 Å². The summed E-state index contributed by atoms with van der Waals surface area (Å²) in [6.07, 6.45) is 5.15. The van der Waals surface area contributed by atoms with Crippen LogP contribution < -0.4 is 15.1 Å². The van der Waals surface area contributed by atoms with E-state index in [1.165, 1.54) is 16.9 Å². The molecule has 2 saturated heterocycles. The molecule has 8 nitrogen and oxygen atoms in total. The van der Waals surface area contributed by atoms with Gasteiger partial charge in [0.05, 0.1) is 40.9 Å². The van der Waals surface area contributed by atoms with Gasteiger partial charge in [-0.25, -0.2) is 0 Å². The number of aromatic nitrogens is 2. The maximum atomic E-state index is 9.51. The van der Waals surface area contributed by atoms with Crippen LogP contribution in [-0.4, -0.2) is 79.4 Å². The molecule has 0 aliphatic carbocycles. The minimum absolute atomic E-state index is 0.139. The average Bonchev–Trinajstić information content (AvgIpc) is 2.92. The zero-order chi connectivity index (χ0) is 24.5. The van der Waals surface area contributed by atoms with Crippen LogP contribution in [0.3, 0.4) is 0 Å². The Kier molecular flexibility index (Phi) is 6.45. The van der Waals surface area contributed by atoms with Crippen LogP contribution in [0.4, 0.5) is 11.4 Å². The Morgan fingerprint density at radius 2 is 2.00 bits per heavy atom. The Balaban J connectivity index is 1.11. The van der Waals surface area contributed by atoms with Crippen molar-refractivity contribution in [3.8, 4) is 6.07 Å². The van der Waals surface area contributed by atoms with E-state index in [1.54, 1.807) is 6.20 Å². The van der Waals surface area contributed by atoms with Gasteiger partial charge in [-0.1, -0.05) is 0 Å². The van der Waals surface area contributed by atoms with Crippen LogP contribution in [0.15, 0.2) is 42.7 Å². The number of nitrogens with one attached hydrogen (secondary N) is 1. The predicted molar refractivity (Wildman–Crippen MR) is 141 cm³/mol. The fourth-order valence-electron chi connectivity index (χ4n) is 5.85. The van der Waals surface area contributed by atoms with Crippen molar-refractivity contribution in [3.05, 3.63) is 59.5 Å². The van der Waals surface area contributed by atoms with E-state index in [-0.39, 0.29) is 12.2 Å². The summed E-state index contributed by atoms with van der Waals surface area (Å²) < 4.78 is 6.39. The molecule has 3 aliphatic heterocycles. The summed E-state index contributed by atoms with van der Waals surface area (Å²) in [6.45, 7) is 10.7. The van der Waals surface area contributed by atoms with Crippen LogP contribution in [-0.2, 0) is 17.7 Å². The molecule has 2 aromatic heterocycles. The van der Waals surface area contributed by atoms with Gasteiger partial charge in [-0.15, -0.1) is 0 Å². The number of hydrogen-bond donors (Lipinski definition) is 1. The highest BCUT2D eigenvalue weighted by Crippen LogP contribution is 2.30. The van der Waals surface area contributed by atoms with Gasteiger partial charge in [0.1, 0.15) is 6.07 Å². The Morgan fingerprint density at radius 3 is 2.86 bits per heavy atom. The molecule has 6 rings (SSSR count). The number of ether oxygens (including phenoxy) is 1. The third-order valence-corrected chi connectivity index (χ3v) is 7.64. The first-order valence-electron chi connectivity index (χ1n) is 13.0. The molecule has 186 valence electrons. The SMILES string of the molecule is C[C@@H]1CN(c2ccc(C#N)c3ncccc23)C[C@H](CN2CCN(c3cnc4c(c3)CCNC4)CC2)O1. The van der Waals surface area contributed by atoms with Crippen molar-refractivity contribution in [1.29, 1.82) is 5.26 Å². The Labute approximate surface area is 212 Å². The van der Waals surface area contributed by atoms with Crippen molar-refractivity contribution < 1.29 is 4.74 Å². The van der Waals surface area contributed by atoms with Gasteiger partial charge in [0, 0.05) is 69.6 Å². The van der Waals surface area contributed by atoms with E-state index >= 15 is 0 Å². The van der Waals surface area contributed by atoms with Crippen LogP contribution in [0.1, 0.15) is 23.7 Å². The van der Waals surface area contributed by atoms with Gasteiger partial charge in [-0.2, -0.15) is 5.26 Å². The van der Waals surface area contributed by atoms with E-state index in [2.05, 4.69) is 56.2 Å². The molecular formula is C28H33N7O. The first-order valence-corrected chi connectivity index (χ1v) is 13.0. The monoisotopic (exact) mass is 483 g/mol. The number of anilines is 2. The number of morpholine rings is 1. The molecule has 0 bridgehead atoms. The molecule has 0 spiro atoms. The number of benzene rings is 1. The zero-order valence-electron chi connectivity index (χ0n) is 20.9. The van der Waals surface area contributed by atoms with E-state index in [1.807, 2.05) is 18.3 Å². The highest BCUT2D eigenvalue weighted by atomic mass is 16.5. The third-order valence-electron chi connectivity index (χ3n) is 7.64. The quantitative estimate of drug-likeness (QED) is 0.607. The molecule has 2 fully saturated rings. The Hall–Kier alpha value is -3.25. The molecule has 36 heavy (non-hydrogen) atoms. The predicted octanol–water partition coefficient (Wildman–Crippen LogP) is 2.56. The van der Waals surface area contributed by atoms with Gasteiger partial charge in [0.2, 0.25) is 0 Å². The summed E-state index contributed by atoms with van der Waals surface area (Å²) in [5.74, 6) is 0. The zero-order valence-corrected chi connectivity index (χ0v) is 20.9. The summed E-state index contributed by atoms with van der Waals surface area (Å²) in [5.41, 5.74) is 6.38. The Bertz CT molecular complexity index is 1280. The number of nitrogens with zero attached hydrogens (tertiary/aromatic N) is 6. The molecule has 3 aromatic rings. The normalized spacial score (nSPS) is 22.9. The second-order valence-electron chi connectivity index (χ2n) is 10.1. The van der Waals surface area contributed by atoms with Gasteiger partial charge >= 0.3 is 0 Å². The lowest BCUT2D eigenvalue weighted by molar-refractivity contribution is -0.0327. The molecule has 1 aromatic carbocycles. The van der Waals surface area contributed by atoms with Crippen LogP contribution >= 0.6 is 0 Å². The van der Waals surface area contributed by atoms with Crippen molar-refractivity contribution in [1.82, 2.24) is 20.2 Å². The Morgan fingerprint density at radius 1 is 1.11 bits per heavy atom. The average molecular weight is 484 g/mol. The molecule has 5 heterocycles. The largest absolute Gasteiger partial charge is 0.370 e. The first kappa shape index (κ1) is 23.2. The molecule has 0 radical (unpaired) electrons. The lowest BCUT2D eigenvalue weighted by Crippen LogP contribution is -2.54. The topological polar surface area (TPSA) is 80.6 Å². The highest BCUT2D eigenvalue weighted by molar-refractivity contribution is 5.95. The number of hydrogen-bond acceptors (Lipinski definition) is 8. The summed E-state index contributed by atoms with van der Waals surface area (Å²) in [7, 11) is 0. The maximum Gasteiger partial charge on any atom is 0.101 e. The van der Waals surface area contributed by atoms with Gasteiger partial charge in [0.25, 0.3) is 0 Å². The summed E-state index contributed by atoms with van der Waals surface area (Å²) in [4.78, 5) is 16.6. The molecule has 3 aliphatic rings. The standard InChI is InChI=1S/C28H33N7O/c1-20-17-35(27-5-4-22(14-29)28-25(27)3-2-7-31-28)19-24(36-20)18-33-9-11-34(12-10-33)23-13-21-6-8-30-16-26(21)32-15-23/h2-5,7,13,15,20,24,30H,6,8-12,16-19H2,1H3/t20-,24+/m1/s1. The van der Waals surface area contributed by atoms with E-state index in [9.17, 15) is 5.26 Å². The van der Waals surface area contributed by atoms with Crippen LogP contribution in [0.25, 0.3) is 10.9 Å². The lowest BCUT2D eigenvalue weighted by Gasteiger charge is -2.42. The van der Waals surface area contributed by atoms with E-state index in [4.69, 9.17) is 9.72 Å². The second-order valence-corrected chi connectivity index (χ2v) is 10.1. The number of fused-ring (bicyclic) bond motifs is 2. The fourth-order valence-corrected chi connectivity index (χ4v) is 5.85. The van der Waals surface area contributed by atoms with E-state index in [0.29, 0.717) is 5.56 Å². The molecular weight excluding hydrogens is 450 g/mol. The molecule has 0 saturated carbocycles. The fraction of sp³-hybridized carbons (Fsp3) is 0.464. The van der Waals surface area contributed by atoms with Crippen LogP contribution in [0, 0.1) is 11.3 Å². The van der Waals surface area contributed by atoms with Gasteiger partial charge in [-0.05, 0) is 55.8 Å². The number of pyridine rings is 2. The van der Waals surface area contributed by atoms with E-state index < -0.39 is 0 Å². The highest BCUT2D eigenvalue weighted by Gasteiger charge is 2.29. The van der Waals surface area contributed by atoms with E-state index in [0.717, 1.165) is 81.9 Å². The van der Waals surface area contributed by atoms with Crippen LogP contribution in [0.5, 0.6) is 0 Å². The maximum absolute atomic E-state index is 9.51. The third kappa shape index (κ3) is 4.62. The van der Waals surface area contributed by atoms with Crippen molar-refractivity contribution in [2.45, 2.75) is 32.1 Å². The minimum Gasteiger partial charge on any atom is -0.370 e. The lowest BCUT2D eigenvalue weighted by atomic mass is 10.1. The number of nitriles is 1.